The van der Waals surface area contributed by atoms with E-state index in [0.717, 1.165) is 32.0 Å². The first-order chi connectivity index (χ1) is 12.2. The Balaban J connectivity index is 0.00000243. The predicted molar refractivity (Wildman–Crippen MR) is 118 cm³/mol. The maximum atomic E-state index is 4.50. The second-order valence-corrected chi connectivity index (χ2v) is 7.00. The molecule has 3 rings (SSSR count). The number of likely N-dealkylation sites (tertiary alicyclic amines) is 1. The second-order valence-electron chi connectivity index (χ2n) is 7.00. The van der Waals surface area contributed by atoms with Gasteiger partial charge in [0, 0.05) is 39.1 Å². The van der Waals surface area contributed by atoms with Crippen molar-refractivity contribution >= 4 is 29.9 Å². The molecule has 0 amide bonds. The number of nitrogens with zero attached hydrogens (tertiary/aromatic N) is 4. The predicted octanol–water partition coefficient (Wildman–Crippen LogP) is 3.51. The van der Waals surface area contributed by atoms with Crippen LogP contribution < -0.4 is 5.32 Å². The van der Waals surface area contributed by atoms with Gasteiger partial charge in [-0.15, -0.1) is 24.0 Å². The van der Waals surface area contributed by atoms with Crippen LogP contribution in [-0.4, -0.2) is 47.1 Å². The largest absolute Gasteiger partial charge is 0.356 e. The summed E-state index contributed by atoms with van der Waals surface area (Å²) in [6.45, 7) is 7.38. The normalized spacial score (nSPS) is 20.6. The summed E-state index contributed by atoms with van der Waals surface area (Å²) >= 11 is 0. The number of imidazole rings is 1. The minimum absolute atomic E-state index is 0. The maximum Gasteiger partial charge on any atom is 0.193 e. The highest BCUT2D eigenvalue weighted by Crippen LogP contribution is 2.27. The number of aryl methyl sites for hydroxylation is 1. The number of piperidine rings is 1. The smallest absolute Gasteiger partial charge is 0.193 e. The van der Waals surface area contributed by atoms with E-state index in [9.17, 15) is 0 Å². The quantitative estimate of drug-likeness (QED) is 0.426. The summed E-state index contributed by atoms with van der Waals surface area (Å²) in [6.07, 6.45) is 8.03. The third kappa shape index (κ3) is 5.22. The Morgan fingerprint density at radius 1 is 1.31 bits per heavy atom. The molecule has 0 bridgehead atoms. The number of rotatable bonds is 4. The molecule has 0 saturated carbocycles. The van der Waals surface area contributed by atoms with E-state index in [2.05, 4.69) is 69.1 Å². The molecule has 0 aliphatic carbocycles. The Kier molecular flexibility index (Phi) is 7.93. The Labute approximate surface area is 173 Å². The van der Waals surface area contributed by atoms with E-state index in [1.165, 1.54) is 17.5 Å². The van der Waals surface area contributed by atoms with Gasteiger partial charge in [0.1, 0.15) is 0 Å². The summed E-state index contributed by atoms with van der Waals surface area (Å²) in [5, 5.41) is 3.53. The second kappa shape index (κ2) is 9.94. The van der Waals surface area contributed by atoms with Crippen LogP contribution in [0, 0.1) is 12.8 Å². The van der Waals surface area contributed by atoms with Gasteiger partial charge in [-0.2, -0.15) is 0 Å². The van der Waals surface area contributed by atoms with Crippen LogP contribution >= 0.6 is 24.0 Å². The van der Waals surface area contributed by atoms with Gasteiger partial charge in [0.05, 0.1) is 12.4 Å². The third-order valence-corrected chi connectivity index (χ3v) is 5.16. The minimum Gasteiger partial charge on any atom is -0.356 e. The average molecular weight is 467 g/mol. The SMILES string of the molecule is CN=C(NCCc1ccc(C)cc1)N1CCC(C)C(n2ccnc2)C1.I. The van der Waals surface area contributed by atoms with Crippen molar-refractivity contribution in [2.75, 3.05) is 26.7 Å². The van der Waals surface area contributed by atoms with Crippen molar-refractivity contribution in [2.24, 2.45) is 10.9 Å². The topological polar surface area (TPSA) is 45.5 Å². The average Bonchev–Trinajstić information content (AvgIpc) is 3.15. The van der Waals surface area contributed by atoms with E-state index in [1.807, 2.05) is 19.6 Å². The molecule has 26 heavy (non-hydrogen) atoms. The highest BCUT2D eigenvalue weighted by molar-refractivity contribution is 14.0. The van der Waals surface area contributed by atoms with Crippen LogP contribution in [-0.2, 0) is 6.42 Å². The van der Waals surface area contributed by atoms with Gasteiger partial charge >= 0.3 is 0 Å². The van der Waals surface area contributed by atoms with E-state index in [0.29, 0.717) is 12.0 Å². The Hall–Kier alpha value is -1.57. The molecule has 1 N–H and O–H groups in total. The molecule has 1 aromatic carbocycles. The van der Waals surface area contributed by atoms with E-state index in [4.69, 9.17) is 0 Å². The maximum absolute atomic E-state index is 4.50. The molecular formula is C20H30IN5. The number of halogens is 1. The van der Waals surface area contributed by atoms with Crippen molar-refractivity contribution < 1.29 is 0 Å². The van der Waals surface area contributed by atoms with E-state index in [1.54, 1.807) is 0 Å². The molecule has 2 heterocycles. The van der Waals surface area contributed by atoms with Gasteiger partial charge in [-0.05, 0) is 31.2 Å². The first-order valence-electron chi connectivity index (χ1n) is 9.16. The lowest BCUT2D eigenvalue weighted by atomic mass is 9.93. The van der Waals surface area contributed by atoms with Crippen LogP contribution in [0.4, 0.5) is 0 Å². The number of hydrogen-bond acceptors (Lipinski definition) is 2. The third-order valence-electron chi connectivity index (χ3n) is 5.16. The summed E-state index contributed by atoms with van der Waals surface area (Å²) < 4.78 is 2.23. The van der Waals surface area contributed by atoms with Crippen LogP contribution in [0.5, 0.6) is 0 Å². The van der Waals surface area contributed by atoms with Crippen LogP contribution in [0.15, 0.2) is 48.0 Å². The van der Waals surface area contributed by atoms with Crippen LogP contribution in [0.3, 0.4) is 0 Å². The van der Waals surface area contributed by atoms with Crippen molar-refractivity contribution in [3.05, 3.63) is 54.1 Å². The number of aromatic nitrogens is 2. The molecule has 1 fully saturated rings. The molecule has 0 radical (unpaired) electrons. The molecule has 6 heteroatoms. The molecule has 2 unspecified atom stereocenters. The van der Waals surface area contributed by atoms with Gasteiger partial charge in [-0.3, -0.25) is 4.99 Å². The lowest BCUT2D eigenvalue weighted by molar-refractivity contribution is 0.189. The molecule has 1 aliphatic rings. The fourth-order valence-corrected chi connectivity index (χ4v) is 3.50. The lowest BCUT2D eigenvalue weighted by Gasteiger charge is -2.39. The first-order valence-corrected chi connectivity index (χ1v) is 9.16. The Morgan fingerprint density at radius 3 is 2.73 bits per heavy atom. The van der Waals surface area contributed by atoms with E-state index < -0.39 is 0 Å². The van der Waals surface area contributed by atoms with Gasteiger partial charge in [-0.25, -0.2) is 4.98 Å². The van der Waals surface area contributed by atoms with Crippen LogP contribution in [0.1, 0.15) is 30.5 Å². The molecule has 2 atom stereocenters. The zero-order valence-corrected chi connectivity index (χ0v) is 18.3. The van der Waals surface area contributed by atoms with Crippen molar-refractivity contribution in [3.63, 3.8) is 0 Å². The molecule has 142 valence electrons. The number of nitrogens with one attached hydrogen (secondary N) is 1. The summed E-state index contributed by atoms with van der Waals surface area (Å²) in [4.78, 5) is 11.1. The molecule has 1 aliphatic heterocycles. The Bertz CT molecular complexity index is 681. The fourth-order valence-electron chi connectivity index (χ4n) is 3.50. The first kappa shape index (κ1) is 20.7. The van der Waals surface area contributed by atoms with Gasteiger partial charge < -0.3 is 14.8 Å². The summed E-state index contributed by atoms with van der Waals surface area (Å²) in [6, 6.07) is 9.21. The number of hydrogen-bond donors (Lipinski definition) is 1. The molecule has 1 saturated heterocycles. The highest BCUT2D eigenvalue weighted by atomic mass is 127. The summed E-state index contributed by atoms with van der Waals surface area (Å²) in [7, 11) is 1.87. The van der Waals surface area contributed by atoms with E-state index in [-0.39, 0.29) is 24.0 Å². The van der Waals surface area contributed by atoms with Crippen molar-refractivity contribution in [2.45, 2.75) is 32.7 Å². The van der Waals surface area contributed by atoms with Gasteiger partial charge in [0.15, 0.2) is 5.96 Å². The fraction of sp³-hybridized carbons (Fsp3) is 0.500. The zero-order chi connectivity index (χ0) is 17.6. The van der Waals surface area contributed by atoms with Crippen molar-refractivity contribution in [1.82, 2.24) is 19.8 Å². The summed E-state index contributed by atoms with van der Waals surface area (Å²) in [5.74, 6) is 1.65. The minimum atomic E-state index is 0. The monoisotopic (exact) mass is 467 g/mol. The van der Waals surface area contributed by atoms with Gasteiger partial charge in [0.2, 0.25) is 0 Å². The molecular weight excluding hydrogens is 437 g/mol. The zero-order valence-electron chi connectivity index (χ0n) is 15.9. The molecule has 2 aromatic rings. The molecule has 5 nitrogen and oxygen atoms in total. The Morgan fingerprint density at radius 2 is 2.08 bits per heavy atom. The van der Waals surface area contributed by atoms with Gasteiger partial charge in [-0.1, -0.05) is 36.8 Å². The summed E-state index contributed by atoms with van der Waals surface area (Å²) in [5.41, 5.74) is 2.66. The van der Waals surface area contributed by atoms with E-state index >= 15 is 0 Å². The van der Waals surface area contributed by atoms with Gasteiger partial charge in [0.25, 0.3) is 0 Å². The number of benzene rings is 1. The highest BCUT2D eigenvalue weighted by Gasteiger charge is 2.28. The molecule has 1 aromatic heterocycles. The standard InChI is InChI=1S/C20H29N5.HI/c1-16-4-6-18(7-5-16)8-10-23-20(21-3)24-12-9-17(2)19(14-24)25-13-11-22-15-25;/h4-7,11,13,15,17,19H,8-10,12,14H2,1-3H3,(H,21,23);1H. The van der Waals surface area contributed by atoms with Crippen LogP contribution in [0.2, 0.25) is 0 Å². The van der Waals surface area contributed by atoms with Crippen molar-refractivity contribution in [3.8, 4) is 0 Å². The number of aliphatic imine (C=N–C) groups is 1. The number of guanidine groups is 1. The molecule has 0 spiro atoms. The van der Waals surface area contributed by atoms with Crippen molar-refractivity contribution in [1.29, 1.82) is 0 Å². The van der Waals surface area contributed by atoms with Crippen LogP contribution in [0.25, 0.3) is 0 Å². The lowest BCUT2D eigenvalue weighted by Crippen LogP contribution is -2.49.